The molecule has 2 aliphatic heterocycles. The minimum absolute atomic E-state index is 0.170. The Morgan fingerprint density at radius 2 is 1.52 bits per heavy atom. The monoisotopic (exact) mass is 437 g/mol. The maximum atomic E-state index is 13.9. The number of carbonyl (C=O) groups excluding carboxylic acids is 1. The lowest BCUT2D eigenvalue weighted by Crippen LogP contribution is -2.52. The Morgan fingerprint density at radius 3 is 2.00 bits per heavy atom. The van der Waals surface area contributed by atoms with Crippen LogP contribution >= 0.6 is 0 Å². The third kappa shape index (κ3) is 7.50. The molecule has 1 aromatic rings. The van der Waals surface area contributed by atoms with E-state index in [4.69, 9.17) is 19.8 Å². The maximum absolute atomic E-state index is 13.9. The maximum Gasteiger partial charge on any atom is 0.414 e. The minimum atomic E-state index is -1.82. The molecule has 2 fully saturated rings. The van der Waals surface area contributed by atoms with Crippen molar-refractivity contribution in [1.29, 1.82) is 0 Å². The number of hydrogen-bond acceptors (Lipinski definition) is 5. The van der Waals surface area contributed by atoms with Crippen LogP contribution in [0.4, 0.5) is 10.1 Å². The molecule has 2 N–H and O–H groups in total. The van der Waals surface area contributed by atoms with Crippen molar-refractivity contribution in [3.8, 4) is 0 Å². The van der Waals surface area contributed by atoms with Crippen molar-refractivity contribution < 1.29 is 29.0 Å². The molecular formula is C22H32FN3O5. The summed E-state index contributed by atoms with van der Waals surface area (Å²) in [4.78, 5) is 37.5. The molecule has 0 unspecified atom stereocenters. The van der Waals surface area contributed by atoms with Crippen LogP contribution in [0.15, 0.2) is 24.3 Å². The number of halogens is 1. The van der Waals surface area contributed by atoms with Crippen molar-refractivity contribution in [2.24, 2.45) is 11.8 Å². The highest BCUT2D eigenvalue weighted by atomic mass is 19.1. The molecule has 0 aliphatic carbocycles. The van der Waals surface area contributed by atoms with Gasteiger partial charge in [-0.05, 0) is 44.0 Å². The van der Waals surface area contributed by atoms with Gasteiger partial charge in [0.15, 0.2) is 0 Å². The number of nitrogens with zero attached hydrogens (tertiary/aromatic N) is 3. The summed E-state index contributed by atoms with van der Waals surface area (Å²) in [5.74, 6) is -2.68. The molecule has 8 nitrogen and oxygen atoms in total. The average molecular weight is 438 g/mol. The van der Waals surface area contributed by atoms with Gasteiger partial charge in [0.1, 0.15) is 5.82 Å². The molecule has 0 saturated carbocycles. The Morgan fingerprint density at radius 1 is 0.968 bits per heavy atom. The fraction of sp³-hybridized carbons (Fsp3) is 0.591. The summed E-state index contributed by atoms with van der Waals surface area (Å²) < 4.78 is 13.9. The Hall–Kier alpha value is -2.68. The predicted octanol–water partition coefficient (Wildman–Crippen LogP) is 2.00. The average Bonchev–Trinajstić information content (AvgIpc) is 2.74. The van der Waals surface area contributed by atoms with Gasteiger partial charge in [0, 0.05) is 38.6 Å². The van der Waals surface area contributed by atoms with Crippen molar-refractivity contribution >= 4 is 23.5 Å². The van der Waals surface area contributed by atoms with Crippen LogP contribution in [0.2, 0.25) is 0 Å². The Balaban J connectivity index is 0.000000501. The van der Waals surface area contributed by atoms with Crippen LogP contribution in [0.25, 0.3) is 0 Å². The van der Waals surface area contributed by atoms with Crippen LogP contribution in [-0.2, 0) is 14.4 Å². The summed E-state index contributed by atoms with van der Waals surface area (Å²) in [6, 6.07) is 6.89. The van der Waals surface area contributed by atoms with Gasteiger partial charge in [0.2, 0.25) is 5.91 Å². The number of carboxylic acids is 2. The summed E-state index contributed by atoms with van der Waals surface area (Å²) >= 11 is 0. The zero-order chi connectivity index (χ0) is 23.0. The fourth-order valence-electron chi connectivity index (χ4n) is 4.01. The number of piperidine rings is 1. The number of likely N-dealkylation sites (tertiary alicyclic amines) is 1. The lowest BCUT2D eigenvalue weighted by molar-refractivity contribution is -0.159. The van der Waals surface area contributed by atoms with E-state index in [0.29, 0.717) is 43.7 Å². The lowest BCUT2D eigenvalue weighted by atomic mass is 9.94. The number of benzene rings is 1. The van der Waals surface area contributed by atoms with Gasteiger partial charge in [-0.3, -0.25) is 4.79 Å². The van der Waals surface area contributed by atoms with Crippen LogP contribution in [0, 0.1) is 17.7 Å². The van der Waals surface area contributed by atoms with E-state index >= 15 is 0 Å². The second kappa shape index (κ2) is 11.6. The van der Waals surface area contributed by atoms with Crippen molar-refractivity contribution in [3.05, 3.63) is 30.1 Å². The van der Waals surface area contributed by atoms with Crippen molar-refractivity contribution in [3.63, 3.8) is 0 Å². The molecule has 9 heteroatoms. The summed E-state index contributed by atoms with van der Waals surface area (Å²) in [7, 11) is 0. The Kier molecular flexibility index (Phi) is 9.23. The van der Waals surface area contributed by atoms with Crippen LogP contribution in [0.3, 0.4) is 0 Å². The largest absolute Gasteiger partial charge is 0.473 e. The van der Waals surface area contributed by atoms with Gasteiger partial charge in [-0.15, -0.1) is 0 Å². The smallest absolute Gasteiger partial charge is 0.414 e. The SMILES string of the molecule is CC(C)CN1CCC(C(=O)N2CCN(c3ccccc3F)CC2)CC1.O=C(O)C(=O)O. The molecule has 0 spiro atoms. The number of aliphatic carboxylic acids is 2. The van der Waals surface area contributed by atoms with Gasteiger partial charge in [-0.1, -0.05) is 26.0 Å². The number of para-hydroxylation sites is 1. The lowest BCUT2D eigenvalue weighted by Gasteiger charge is -2.39. The highest BCUT2D eigenvalue weighted by Crippen LogP contribution is 2.23. The van der Waals surface area contributed by atoms with Crippen LogP contribution in [0.5, 0.6) is 0 Å². The quantitative estimate of drug-likeness (QED) is 0.695. The van der Waals surface area contributed by atoms with Gasteiger partial charge >= 0.3 is 11.9 Å². The number of carbonyl (C=O) groups is 3. The molecule has 0 bridgehead atoms. The Labute approximate surface area is 182 Å². The molecule has 0 aromatic heterocycles. The Bertz CT molecular complexity index is 745. The predicted molar refractivity (Wildman–Crippen MR) is 114 cm³/mol. The number of rotatable bonds is 4. The van der Waals surface area contributed by atoms with Gasteiger partial charge in [-0.2, -0.15) is 0 Å². The van der Waals surface area contributed by atoms with E-state index in [-0.39, 0.29) is 11.7 Å². The summed E-state index contributed by atoms with van der Waals surface area (Å²) in [5, 5.41) is 14.8. The van der Waals surface area contributed by atoms with Gasteiger partial charge < -0.3 is 24.9 Å². The highest BCUT2D eigenvalue weighted by molar-refractivity contribution is 6.27. The van der Waals surface area contributed by atoms with Crippen molar-refractivity contribution in [1.82, 2.24) is 9.80 Å². The molecule has 0 atom stereocenters. The molecule has 172 valence electrons. The van der Waals surface area contributed by atoms with Crippen molar-refractivity contribution in [2.45, 2.75) is 26.7 Å². The first kappa shape index (κ1) is 24.6. The number of hydrogen-bond donors (Lipinski definition) is 2. The topological polar surface area (TPSA) is 101 Å². The van der Waals surface area contributed by atoms with Crippen LogP contribution in [0.1, 0.15) is 26.7 Å². The summed E-state index contributed by atoms with van der Waals surface area (Å²) in [5.41, 5.74) is 0.650. The molecule has 0 radical (unpaired) electrons. The van der Waals surface area contributed by atoms with Gasteiger partial charge in [-0.25, -0.2) is 14.0 Å². The zero-order valence-corrected chi connectivity index (χ0v) is 18.2. The van der Waals surface area contributed by atoms with Gasteiger partial charge in [0.05, 0.1) is 5.69 Å². The minimum Gasteiger partial charge on any atom is -0.473 e. The molecule has 2 aliphatic rings. The number of anilines is 1. The first-order valence-electron chi connectivity index (χ1n) is 10.7. The first-order chi connectivity index (χ1) is 14.7. The fourth-order valence-corrected chi connectivity index (χ4v) is 4.01. The number of piperazine rings is 1. The summed E-state index contributed by atoms with van der Waals surface area (Å²) in [6.45, 7) is 10.5. The first-order valence-corrected chi connectivity index (χ1v) is 10.7. The van der Waals surface area contributed by atoms with E-state index < -0.39 is 11.9 Å². The third-order valence-corrected chi connectivity index (χ3v) is 5.53. The van der Waals surface area contributed by atoms with Crippen LogP contribution in [-0.4, -0.2) is 83.7 Å². The van der Waals surface area contributed by atoms with E-state index in [2.05, 4.69) is 18.7 Å². The van der Waals surface area contributed by atoms with E-state index in [1.165, 1.54) is 6.07 Å². The standard InChI is InChI=1S/C20H30FN3O.C2H2O4/c1-16(2)15-22-9-7-17(8-10-22)20(25)24-13-11-23(12-14-24)19-6-4-3-5-18(19)21;3-1(4)2(5)6/h3-6,16-17H,7-15H2,1-2H3;(H,3,4)(H,5,6). The number of amides is 1. The number of carboxylic acid groups (broad SMARTS) is 2. The molecule has 1 aromatic carbocycles. The molecular weight excluding hydrogens is 405 g/mol. The molecule has 2 heterocycles. The molecule has 2 saturated heterocycles. The van der Waals surface area contributed by atoms with Gasteiger partial charge in [0.25, 0.3) is 0 Å². The zero-order valence-electron chi connectivity index (χ0n) is 18.2. The second-order valence-electron chi connectivity index (χ2n) is 8.34. The molecule has 31 heavy (non-hydrogen) atoms. The van der Waals surface area contributed by atoms with E-state index in [1.54, 1.807) is 6.07 Å². The third-order valence-electron chi connectivity index (χ3n) is 5.53. The normalized spacial score (nSPS) is 17.8. The highest BCUT2D eigenvalue weighted by Gasteiger charge is 2.30. The van der Waals surface area contributed by atoms with Crippen LogP contribution < -0.4 is 4.90 Å². The van der Waals surface area contributed by atoms with E-state index in [9.17, 15) is 9.18 Å². The second-order valence-corrected chi connectivity index (χ2v) is 8.34. The van der Waals surface area contributed by atoms with E-state index in [1.807, 2.05) is 21.9 Å². The molecule has 1 amide bonds. The summed E-state index contributed by atoms with van der Waals surface area (Å²) in [6.07, 6.45) is 1.94. The van der Waals surface area contributed by atoms with Crippen molar-refractivity contribution in [2.75, 3.05) is 50.7 Å². The molecule has 3 rings (SSSR count). The van der Waals surface area contributed by atoms with E-state index in [0.717, 1.165) is 32.5 Å².